The van der Waals surface area contributed by atoms with Crippen molar-refractivity contribution >= 4 is 17.4 Å². The number of hydrogen-bond acceptors (Lipinski definition) is 3. The second-order valence-corrected chi connectivity index (χ2v) is 7.62. The van der Waals surface area contributed by atoms with Crippen molar-refractivity contribution in [1.82, 2.24) is 9.80 Å². The zero-order chi connectivity index (χ0) is 18.0. The number of likely N-dealkylation sites (N-methyl/N-ethyl adjacent to an activating group) is 1. The molecule has 3 rings (SSSR count). The number of amides is 2. The molecule has 0 aliphatic carbocycles. The molecule has 1 aromatic rings. The molecule has 0 bridgehead atoms. The summed E-state index contributed by atoms with van der Waals surface area (Å²) in [6.07, 6.45) is 3.25. The fourth-order valence-corrected chi connectivity index (χ4v) is 4.07. The number of benzene rings is 1. The highest BCUT2D eigenvalue weighted by molar-refractivity contribution is 5.91. The normalized spacial score (nSPS) is 24.6. The van der Waals surface area contributed by atoms with Crippen LogP contribution in [0.5, 0.6) is 0 Å². The molecule has 1 N–H and O–H groups in total. The maximum absolute atomic E-state index is 12.8. The summed E-state index contributed by atoms with van der Waals surface area (Å²) in [4.78, 5) is 19.6. The van der Waals surface area contributed by atoms with E-state index in [1.54, 1.807) is 0 Å². The van der Waals surface area contributed by atoms with E-state index in [4.69, 9.17) is 0 Å². The molecule has 2 saturated heterocycles. The number of nitrogens with zero attached hydrogens (tertiary/aromatic N) is 3. The van der Waals surface area contributed by atoms with E-state index in [9.17, 15) is 4.79 Å². The van der Waals surface area contributed by atoms with Gasteiger partial charge in [-0.2, -0.15) is 0 Å². The standard InChI is InChI=1S/C20H32N4O/c1-5-17-7-6-16(3)24(17)20(25)21-19-9-8-18(14-15(19)2)23-12-10-22(4)11-13-23/h8-9,14,16-17H,5-7,10-13H2,1-4H3,(H,21,25)/t16-,17+/m0/s1. The Morgan fingerprint density at radius 3 is 2.56 bits per heavy atom. The third-order valence-electron chi connectivity index (χ3n) is 5.81. The molecule has 2 aliphatic rings. The van der Waals surface area contributed by atoms with E-state index >= 15 is 0 Å². The molecule has 2 atom stereocenters. The van der Waals surface area contributed by atoms with Crippen LogP contribution in [0.4, 0.5) is 16.2 Å². The molecule has 2 amide bonds. The highest BCUT2D eigenvalue weighted by Crippen LogP contribution is 2.28. The number of rotatable bonds is 3. The number of nitrogens with one attached hydrogen (secondary N) is 1. The summed E-state index contributed by atoms with van der Waals surface area (Å²) in [5.41, 5.74) is 3.31. The summed E-state index contributed by atoms with van der Waals surface area (Å²) in [5, 5.41) is 3.14. The molecule has 2 fully saturated rings. The minimum absolute atomic E-state index is 0.0484. The van der Waals surface area contributed by atoms with Crippen LogP contribution >= 0.6 is 0 Å². The average Bonchev–Trinajstić information content (AvgIpc) is 2.98. The van der Waals surface area contributed by atoms with Gasteiger partial charge in [-0.25, -0.2) is 4.79 Å². The molecule has 0 aromatic heterocycles. The molecular weight excluding hydrogens is 312 g/mol. The molecule has 0 unspecified atom stereocenters. The lowest BCUT2D eigenvalue weighted by Gasteiger charge is -2.34. The number of hydrogen-bond donors (Lipinski definition) is 1. The lowest BCUT2D eigenvalue weighted by atomic mass is 10.1. The molecule has 0 saturated carbocycles. The minimum atomic E-state index is 0.0484. The van der Waals surface area contributed by atoms with E-state index in [0.29, 0.717) is 12.1 Å². The number of urea groups is 1. The van der Waals surface area contributed by atoms with Gasteiger partial charge in [0.2, 0.25) is 0 Å². The maximum Gasteiger partial charge on any atom is 0.322 e. The first-order chi connectivity index (χ1) is 12.0. The summed E-state index contributed by atoms with van der Waals surface area (Å²) in [7, 11) is 2.17. The van der Waals surface area contributed by atoms with Gasteiger partial charge in [0.1, 0.15) is 0 Å². The van der Waals surface area contributed by atoms with Crippen LogP contribution in [0, 0.1) is 6.92 Å². The number of likely N-dealkylation sites (tertiary alicyclic amines) is 1. The summed E-state index contributed by atoms with van der Waals surface area (Å²) in [6.45, 7) is 10.7. The Kier molecular flexibility index (Phi) is 5.52. The summed E-state index contributed by atoms with van der Waals surface area (Å²) in [6, 6.07) is 7.15. The van der Waals surface area contributed by atoms with Crippen molar-refractivity contribution in [3.63, 3.8) is 0 Å². The van der Waals surface area contributed by atoms with E-state index < -0.39 is 0 Å². The van der Waals surface area contributed by atoms with Gasteiger partial charge in [0, 0.05) is 49.6 Å². The van der Waals surface area contributed by atoms with Gasteiger partial charge in [0.15, 0.2) is 0 Å². The number of carbonyl (C=O) groups is 1. The van der Waals surface area contributed by atoms with Crippen LogP contribution in [0.2, 0.25) is 0 Å². The molecule has 2 aliphatic heterocycles. The topological polar surface area (TPSA) is 38.8 Å². The minimum Gasteiger partial charge on any atom is -0.369 e. The summed E-state index contributed by atoms with van der Waals surface area (Å²) >= 11 is 0. The second kappa shape index (κ2) is 7.65. The number of aryl methyl sites for hydroxylation is 1. The van der Waals surface area contributed by atoms with Gasteiger partial charge >= 0.3 is 6.03 Å². The first kappa shape index (κ1) is 18.1. The van der Waals surface area contributed by atoms with Crippen molar-refractivity contribution in [3.05, 3.63) is 23.8 Å². The lowest BCUT2D eigenvalue weighted by Crippen LogP contribution is -2.44. The highest BCUT2D eigenvalue weighted by atomic mass is 16.2. The van der Waals surface area contributed by atoms with Crippen molar-refractivity contribution < 1.29 is 4.79 Å². The summed E-state index contributed by atoms with van der Waals surface area (Å²) < 4.78 is 0. The van der Waals surface area contributed by atoms with E-state index in [2.05, 4.69) is 61.1 Å². The second-order valence-electron chi connectivity index (χ2n) is 7.62. The molecular formula is C20H32N4O. The van der Waals surface area contributed by atoms with Crippen LogP contribution in [-0.2, 0) is 0 Å². The molecule has 25 heavy (non-hydrogen) atoms. The molecule has 0 spiro atoms. The van der Waals surface area contributed by atoms with E-state index in [0.717, 1.165) is 56.7 Å². The van der Waals surface area contributed by atoms with E-state index in [1.807, 2.05) is 4.90 Å². The van der Waals surface area contributed by atoms with Gasteiger partial charge in [-0.3, -0.25) is 0 Å². The van der Waals surface area contributed by atoms with Crippen molar-refractivity contribution in [2.24, 2.45) is 0 Å². The predicted molar refractivity (Wildman–Crippen MR) is 105 cm³/mol. The Hall–Kier alpha value is -1.75. The van der Waals surface area contributed by atoms with Gasteiger partial charge in [0.05, 0.1) is 0 Å². The Bertz CT molecular complexity index is 610. The first-order valence-corrected chi connectivity index (χ1v) is 9.63. The molecule has 0 radical (unpaired) electrons. The Morgan fingerprint density at radius 2 is 1.92 bits per heavy atom. The largest absolute Gasteiger partial charge is 0.369 e. The highest BCUT2D eigenvalue weighted by Gasteiger charge is 2.33. The Morgan fingerprint density at radius 1 is 1.20 bits per heavy atom. The third-order valence-corrected chi connectivity index (χ3v) is 5.81. The van der Waals surface area contributed by atoms with E-state index in [-0.39, 0.29) is 6.03 Å². The van der Waals surface area contributed by atoms with Gasteiger partial charge < -0.3 is 20.0 Å². The predicted octanol–water partition coefficient (Wildman–Crippen LogP) is 3.54. The summed E-state index contributed by atoms with van der Waals surface area (Å²) in [5.74, 6) is 0. The zero-order valence-electron chi connectivity index (χ0n) is 16.1. The molecule has 138 valence electrons. The van der Waals surface area contributed by atoms with Gasteiger partial charge in [0.25, 0.3) is 0 Å². The zero-order valence-corrected chi connectivity index (χ0v) is 16.1. The van der Waals surface area contributed by atoms with Gasteiger partial charge in [-0.1, -0.05) is 6.92 Å². The van der Waals surface area contributed by atoms with Gasteiger partial charge in [-0.15, -0.1) is 0 Å². The number of anilines is 2. The molecule has 5 nitrogen and oxygen atoms in total. The lowest BCUT2D eigenvalue weighted by molar-refractivity contribution is 0.188. The van der Waals surface area contributed by atoms with Crippen LogP contribution in [0.1, 0.15) is 38.7 Å². The Balaban J connectivity index is 1.68. The molecule has 2 heterocycles. The smallest absolute Gasteiger partial charge is 0.322 e. The maximum atomic E-state index is 12.8. The number of carbonyl (C=O) groups excluding carboxylic acids is 1. The fourth-order valence-electron chi connectivity index (χ4n) is 4.07. The molecule has 1 aromatic carbocycles. The molecule has 5 heteroatoms. The SMILES string of the molecule is CC[C@@H]1CC[C@H](C)N1C(=O)Nc1ccc(N2CCN(C)CC2)cc1C. The van der Waals surface area contributed by atoms with E-state index in [1.165, 1.54) is 5.69 Å². The number of piperazine rings is 1. The monoisotopic (exact) mass is 344 g/mol. The Labute approximate surface area is 152 Å². The van der Waals surface area contributed by atoms with Crippen LogP contribution in [0.3, 0.4) is 0 Å². The average molecular weight is 345 g/mol. The van der Waals surface area contributed by atoms with Crippen LogP contribution < -0.4 is 10.2 Å². The van der Waals surface area contributed by atoms with Crippen molar-refractivity contribution in [2.75, 3.05) is 43.4 Å². The third kappa shape index (κ3) is 3.92. The van der Waals surface area contributed by atoms with Crippen molar-refractivity contribution in [1.29, 1.82) is 0 Å². The van der Waals surface area contributed by atoms with Crippen LogP contribution in [-0.4, -0.2) is 61.1 Å². The quantitative estimate of drug-likeness (QED) is 0.911. The van der Waals surface area contributed by atoms with Crippen molar-refractivity contribution in [3.8, 4) is 0 Å². The fraction of sp³-hybridized carbons (Fsp3) is 0.650. The first-order valence-electron chi connectivity index (χ1n) is 9.63. The van der Waals surface area contributed by atoms with Crippen molar-refractivity contribution in [2.45, 2.75) is 52.1 Å². The van der Waals surface area contributed by atoms with Crippen LogP contribution in [0.15, 0.2) is 18.2 Å². The van der Waals surface area contributed by atoms with Crippen LogP contribution in [0.25, 0.3) is 0 Å². The van der Waals surface area contributed by atoms with Gasteiger partial charge in [-0.05, 0) is 63.9 Å².